The number of thiazole rings is 1. The monoisotopic (exact) mass is 409 g/mol. The number of halogens is 1. The molecule has 0 saturated heterocycles. The third kappa shape index (κ3) is 4.62. The van der Waals surface area contributed by atoms with E-state index in [9.17, 15) is 0 Å². The van der Waals surface area contributed by atoms with Crippen LogP contribution in [-0.2, 0) is 0 Å². The van der Waals surface area contributed by atoms with Crippen molar-refractivity contribution in [3.8, 4) is 11.3 Å². The van der Waals surface area contributed by atoms with Gasteiger partial charge >= 0.3 is 0 Å². The molecule has 1 saturated carbocycles. The Hall–Kier alpha value is -2.17. The van der Waals surface area contributed by atoms with Crippen LogP contribution in [0.15, 0.2) is 59.0 Å². The number of anilines is 1. The van der Waals surface area contributed by atoms with E-state index in [1.54, 1.807) is 11.3 Å². The van der Waals surface area contributed by atoms with Crippen LogP contribution in [0.3, 0.4) is 0 Å². The van der Waals surface area contributed by atoms with Gasteiger partial charge in [0.1, 0.15) is 0 Å². The molecule has 0 spiro atoms. The topological polar surface area (TPSA) is 37.3 Å². The van der Waals surface area contributed by atoms with Gasteiger partial charge in [0, 0.05) is 16.0 Å². The summed E-state index contributed by atoms with van der Waals surface area (Å²) in [5.41, 5.74) is 8.63. The van der Waals surface area contributed by atoms with Crippen LogP contribution >= 0.6 is 22.9 Å². The second kappa shape index (κ2) is 8.89. The number of aromatic nitrogens is 1. The van der Waals surface area contributed by atoms with Crippen LogP contribution in [0.5, 0.6) is 0 Å². The maximum atomic E-state index is 5.95. The van der Waals surface area contributed by atoms with Gasteiger partial charge < -0.3 is 0 Å². The van der Waals surface area contributed by atoms with E-state index in [-0.39, 0.29) is 0 Å². The fourth-order valence-corrected chi connectivity index (χ4v) is 4.49. The zero-order chi connectivity index (χ0) is 19.3. The van der Waals surface area contributed by atoms with E-state index in [0.29, 0.717) is 0 Å². The molecule has 1 heterocycles. The first-order valence-electron chi connectivity index (χ1n) is 9.81. The number of nitrogens with zero attached hydrogens (tertiary/aromatic N) is 2. The molecular formula is C23H24ClN3S. The van der Waals surface area contributed by atoms with Crippen LogP contribution in [0.2, 0.25) is 5.02 Å². The Labute approximate surface area is 175 Å². The van der Waals surface area contributed by atoms with Crippen LogP contribution in [0, 0.1) is 0 Å². The highest BCUT2D eigenvalue weighted by Crippen LogP contribution is 2.32. The van der Waals surface area contributed by atoms with Crippen LogP contribution in [0.4, 0.5) is 5.13 Å². The summed E-state index contributed by atoms with van der Waals surface area (Å²) < 4.78 is 0. The molecule has 1 fully saturated rings. The van der Waals surface area contributed by atoms with Gasteiger partial charge in [0.05, 0.1) is 11.4 Å². The highest BCUT2D eigenvalue weighted by molar-refractivity contribution is 7.14. The zero-order valence-electron chi connectivity index (χ0n) is 16.0. The van der Waals surface area contributed by atoms with Gasteiger partial charge in [-0.3, -0.25) is 5.43 Å². The molecule has 4 rings (SSSR count). The third-order valence-corrected chi connectivity index (χ3v) is 6.37. The van der Waals surface area contributed by atoms with Crippen molar-refractivity contribution in [3.63, 3.8) is 0 Å². The van der Waals surface area contributed by atoms with E-state index in [1.807, 2.05) is 36.6 Å². The van der Waals surface area contributed by atoms with Crippen LogP contribution in [0.25, 0.3) is 11.3 Å². The van der Waals surface area contributed by atoms with Gasteiger partial charge in [-0.1, -0.05) is 67.3 Å². The molecule has 0 atom stereocenters. The minimum absolute atomic E-state index is 0.729. The lowest BCUT2D eigenvalue weighted by Crippen LogP contribution is -2.05. The summed E-state index contributed by atoms with van der Waals surface area (Å²) in [6, 6.07) is 16.6. The average Bonchev–Trinajstić information content (AvgIpc) is 3.22. The SMILES string of the molecule is C/C(=N\Nc1nc(-c2ccc(Cl)cc2)cs1)c1ccc(C2CCCCC2)cc1. The molecule has 0 radical (unpaired) electrons. The predicted octanol–water partition coefficient (Wildman–Crippen LogP) is 7.35. The van der Waals surface area contributed by atoms with Gasteiger partial charge in [-0.25, -0.2) is 4.98 Å². The predicted molar refractivity (Wildman–Crippen MR) is 121 cm³/mol. The number of hydrazone groups is 1. The molecule has 3 aromatic rings. The van der Waals surface area contributed by atoms with E-state index < -0.39 is 0 Å². The van der Waals surface area contributed by atoms with Crippen molar-refractivity contribution in [1.29, 1.82) is 0 Å². The number of hydrogen-bond acceptors (Lipinski definition) is 4. The van der Waals surface area contributed by atoms with E-state index in [4.69, 9.17) is 11.6 Å². The molecule has 5 heteroatoms. The Bertz CT molecular complexity index is 939. The van der Waals surface area contributed by atoms with E-state index in [0.717, 1.165) is 38.6 Å². The van der Waals surface area contributed by atoms with Gasteiger partial charge in [-0.15, -0.1) is 11.3 Å². The molecule has 28 heavy (non-hydrogen) atoms. The van der Waals surface area contributed by atoms with Crippen molar-refractivity contribution in [2.75, 3.05) is 5.43 Å². The first kappa shape index (κ1) is 19.2. The lowest BCUT2D eigenvalue weighted by Gasteiger charge is -2.22. The molecule has 1 N–H and O–H groups in total. The summed E-state index contributed by atoms with van der Waals surface area (Å²) in [6.07, 6.45) is 6.77. The molecule has 144 valence electrons. The van der Waals surface area contributed by atoms with Crippen LogP contribution in [-0.4, -0.2) is 10.7 Å². The van der Waals surface area contributed by atoms with Crippen LogP contribution in [0.1, 0.15) is 56.1 Å². The van der Waals surface area contributed by atoms with Crippen molar-refractivity contribution < 1.29 is 0 Å². The van der Waals surface area contributed by atoms with Crippen molar-refractivity contribution in [1.82, 2.24) is 4.98 Å². The standard InChI is InChI=1S/C23H24ClN3S/c1-16(17-7-9-19(10-8-17)18-5-3-2-4-6-18)26-27-23-25-22(15-28-23)20-11-13-21(24)14-12-20/h7-15,18H,2-6H2,1H3,(H,25,27)/b26-16+. The minimum Gasteiger partial charge on any atom is -0.252 e. The van der Waals surface area contributed by atoms with E-state index in [1.165, 1.54) is 37.7 Å². The molecule has 0 unspecified atom stereocenters. The summed E-state index contributed by atoms with van der Waals surface area (Å²) in [5, 5.41) is 8.05. The molecule has 0 amide bonds. The zero-order valence-corrected chi connectivity index (χ0v) is 17.6. The second-order valence-corrected chi connectivity index (χ2v) is 8.61. The Kier molecular flexibility index (Phi) is 6.08. The summed E-state index contributed by atoms with van der Waals surface area (Å²) in [4.78, 5) is 4.61. The maximum absolute atomic E-state index is 5.95. The number of hydrogen-bond donors (Lipinski definition) is 1. The molecular weight excluding hydrogens is 386 g/mol. The Morgan fingerprint density at radius 3 is 2.46 bits per heavy atom. The molecule has 2 aromatic carbocycles. The van der Waals surface area contributed by atoms with Crippen molar-refractivity contribution >= 4 is 33.8 Å². The van der Waals surface area contributed by atoms with Gasteiger partial charge in [0.25, 0.3) is 0 Å². The molecule has 0 bridgehead atoms. The number of benzene rings is 2. The smallest absolute Gasteiger partial charge is 0.203 e. The van der Waals surface area contributed by atoms with E-state index >= 15 is 0 Å². The van der Waals surface area contributed by atoms with E-state index in [2.05, 4.69) is 39.8 Å². The fourth-order valence-electron chi connectivity index (χ4n) is 3.71. The highest BCUT2D eigenvalue weighted by atomic mass is 35.5. The number of rotatable bonds is 5. The highest BCUT2D eigenvalue weighted by Gasteiger charge is 2.15. The molecule has 3 nitrogen and oxygen atoms in total. The van der Waals surface area contributed by atoms with Crippen LogP contribution < -0.4 is 5.43 Å². The first-order chi connectivity index (χ1) is 13.7. The van der Waals surface area contributed by atoms with Gasteiger partial charge in [0.2, 0.25) is 5.13 Å². The lowest BCUT2D eigenvalue weighted by atomic mass is 9.84. The maximum Gasteiger partial charge on any atom is 0.203 e. The summed E-state index contributed by atoms with van der Waals surface area (Å²) in [6.45, 7) is 2.02. The molecule has 1 aliphatic rings. The second-order valence-electron chi connectivity index (χ2n) is 7.31. The summed E-state index contributed by atoms with van der Waals surface area (Å²) in [5.74, 6) is 0.736. The third-order valence-electron chi connectivity index (χ3n) is 5.37. The van der Waals surface area contributed by atoms with Crippen molar-refractivity contribution in [2.24, 2.45) is 5.10 Å². The minimum atomic E-state index is 0.729. The normalized spacial score (nSPS) is 15.6. The van der Waals surface area contributed by atoms with Gasteiger partial charge in [-0.05, 0) is 48.9 Å². The number of nitrogens with one attached hydrogen (secondary N) is 1. The Morgan fingerprint density at radius 1 is 1.04 bits per heavy atom. The van der Waals surface area contributed by atoms with Gasteiger partial charge in [-0.2, -0.15) is 5.10 Å². The Balaban J connectivity index is 1.41. The summed E-state index contributed by atoms with van der Waals surface area (Å²) in [7, 11) is 0. The fraction of sp³-hybridized carbons (Fsp3) is 0.304. The molecule has 1 aromatic heterocycles. The molecule has 1 aliphatic carbocycles. The largest absolute Gasteiger partial charge is 0.252 e. The molecule has 0 aliphatic heterocycles. The van der Waals surface area contributed by atoms with Crippen molar-refractivity contribution in [3.05, 3.63) is 70.1 Å². The van der Waals surface area contributed by atoms with Gasteiger partial charge in [0.15, 0.2) is 0 Å². The Morgan fingerprint density at radius 2 is 1.75 bits per heavy atom. The lowest BCUT2D eigenvalue weighted by molar-refractivity contribution is 0.443. The quantitative estimate of drug-likeness (QED) is 0.353. The average molecular weight is 410 g/mol. The van der Waals surface area contributed by atoms with Crippen molar-refractivity contribution in [2.45, 2.75) is 44.9 Å². The summed E-state index contributed by atoms with van der Waals surface area (Å²) >= 11 is 7.50. The first-order valence-corrected chi connectivity index (χ1v) is 11.1.